The molecule has 0 aliphatic rings. The molecule has 0 aliphatic heterocycles. The number of aromatic nitrogens is 1. The summed E-state index contributed by atoms with van der Waals surface area (Å²) in [5.41, 5.74) is 6.82. The second-order valence-corrected chi connectivity index (χ2v) is 5.07. The largest absolute Gasteiger partial charge is 0.455 e. The second-order valence-electron chi connectivity index (χ2n) is 3.75. The molecule has 2 rings (SSSR count). The van der Waals surface area contributed by atoms with Crippen molar-refractivity contribution in [2.75, 3.05) is 5.73 Å². The van der Waals surface area contributed by atoms with Gasteiger partial charge in [-0.2, -0.15) is 0 Å². The molecular formula is C13H10BrClN2O2. The first-order chi connectivity index (χ1) is 9.08. The first-order valence-electron chi connectivity index (χ1n) is 5.39. The fourth-order valence-electron chi connectivity index (χ4n) is 1.46. The number of carbonyl (C=O) groups excluding carboxylic acids is 1. The van der Waals surface area contributed by atoms with Crippen molar-refractivity contribution in [1.29, 1.82) is 0 Å². The smallest absolute Gasteiger partial charge is 0.342 e. The maximum absolute atomic E-state index is 11.9. The minimum atomic E-state index is -0.562. The van der Waals surface area contributed by atoms with Gasteiger partial charge in [0, 0.05) is 16.4 Å². The number of pyridine rings is 1. The molecule has 2 N–H and O–H groups in total. The predicted molar refractivity (Wildman–Crippen MR) is 76.9 cm³/mol. The van der Waals surface area contributed by atoms with Crippen LogP contribution in [-0.2, 0) is 11.3 Å². The Morgan fingerprint density at radius 1 is 1.37 bits per heavy atom. The summed E-state index contributed by atoms with van der Waals surface area (Å²) in [6, 6.07) is 8.44. The fraction of sp³-hybridized carbons (Fsp3) is 0.0769. The van der Waals surface area contributed by atoms with E-state index in [2.05, 4.69) is 20.9 Å². The lowest BCUT2D eigenvalue weighted by Gasteiger charge is -2.08. The molecule has 4 nitrogen and oxygen atoms in total. The van der Waals surface area contributed by atoms with Crippen LogP contribution in [0.3, 0.4) is 0 Å². The zero-order valence-electron chi connectivity index (χ0n) is 9.77. The molecule has 2 aromatic rings. The van der Waals surface area contributed by atoms with Crippen LogP contribution in [-0.4, -0.2) is 11.0 Å². The number of rotatable bonds is 3. The third kappa shape index (κ3) is 3.45. The Labute approximate surface area is 123 Å². The summed E-state index contributed by atoms with van der Waals surface area (Å²) in [5.74, 6) is -0.562. The highest BCUT2D eigenvalue weighted by Gasteiger charge is 2.15. The molecule has 0 radical (unpaired) electrons. The van der Waals surface area contributed by atoms with E-state index in [0.717, 1.165) is 4.47 Å². The number of carbonyl (C=O) groups is 1. The zero-order chi connectivity index (χ0) is 13.8. The molecule has 0 saturated heterocycles. The van der Waals surface area contributed by atoms with E-state index < -0.39 is 5.97 Å². The van der Waals surface area contributed by atoms with Crippen LogP contribution in [0.1, 0.15) is 16.1 Å². The Morgan fingerprint density at radius 2 is 2.16 bits per heavy atom. The highest BCUT2D eigenvalue weighted by molar-refractivity contribution is 9.10. The van der Waals surface area contributed by atoms with Crippen LogP contribution in [0, 0.1) is 0 Å². The van der Waals surface area contributed by atoms with Gasteiger partial charge in [-0.3, -0.25) is 4.98 Å². The van der Waals surface area contributed by atoms with E-state index in [-0.39, 0.29) is 17.2 Å². The van der Waals surface area contributed by atoms with E-state index >= 15 is 0 Å². The third-order valence-corrected chi connectivity index (χ3v) is 3.17. The van der Waals surface area contributed by atoms with Gasteiger partial charge in [0.2, 0.25) is 0 Å². The standard InChI is InChI=1S/C13H10BrClN2O2/c14-8-4-5-9(17-6-8)7-19-13(18)12-10(15)2-1-3-11(12)16/h1-6H,7,16H2. The number of nitrogens with two attached hydrogens (primary N) is 1. The maximum atomic E-state index is 11.9. The Balaban J connectivity index is 2.07. The zero-order valence-corrected chi connectivity index (χ0v) is 12.1. The molecule has 0 atom stereocenters. The van der Waals surface area contributed by atoms with Crippen molar-refractivity contribution in [2.24, 2.45) is 0 Å². The third-order valence-electron chi connectivity index (χ3n) is 2.39. The number of esters is 1. The van der Waals surface area contributed by atoms with Crippen LogP contribution in [0.5, 0.6) is 0 Å². The number of nitrogens with zero attached hydrogens (tertiary/aromatic N) is 1. The van der Waals surface area contributed by atoms with Crippen molar-refractivity contribution in [1.82, 2.24) is 4.98 Å². The van der Waals surface area contributed by atoms with Gasteiger partial charge in [0.25, 0.3) is 0 Å². The maximum Gasteiger partial charge on any atom is 0.342 e. The van der Waals surface area contributed by atoms with Gasteiger partial charge in [0.05, 0.1) is 10.7 Å². The number of hydrogen-bond acceptors (Lipinski definition) is 4. The van der Waals surface area contributed by atoms with E-state index in [9.17, 15) is 4.79 Å². The summed E-state index contributed by atoms with van der Waals surface area (Å²) in [5, 5.41) is 0.272. The Hall–Kier alpha value is -1.59. The van der Waals surface area contributed by atoms with Gasteiger partial charge < -0.3 is 10.5 Å². The number of benzene rings is 1. The van der Waals surface area contributed by atoms with Crippen molar-refractivity contribution in [2.45, 2.75) is 6.61 Å². The van der Waals surface area contributed by atoms with Crippen LogP contribution in [0.4, 0.5) is 5.69 Å². The highest BCUT2D eigenvalue weighted by Crippen LogP contribution is 2.23. The normalized spacial score (nSPS) is 10.2. The summed E-state index contributed by atoms with van der Waals surface area (Å²) < 4.78 is 5.99. The molecule has 0 bridgehead atoms. The molecule has 1 aromatic heterocycles. The topological polar surface area (TPSA) is 65.2 Å². The Bertz CT molecular complexity index is 582. The molecule has 0 spiro atoms. The van der Waals surface area contributed by atoms with Gasteiger partial charge in [0.15, 0.2) is 0 Å². The fourth-order valence-corrected chi connectivity index (χ4v) is 1.95. The summed E-state index contributed by atoms with van der Waals surface area (Å²) in [6.45, 7) is 0.0662. The highest BCUT2D eigenvalue weighted by atomic mass is 79.9. The molecule has 1 heterocycles. The quantitative estimate of drug-likeness (QED) is 0.686. The van der Waals surface area contributed by atoms with Gasteiger partial charge in [-0.1, -0.05) is 17.7 Å². The lowest BCUT2D eigenvalue weighted by molar-refractivity contribution is 0.0469. The molecule has 0 fully saturated rings. The molecule has 6 heteroatoms. The molecule has 19 heavy (non-hydrogen) atoms. The van der Waals surface area contributed by atoms with Gasteiger partial charge in [-0.05, 0) is 40.2 Å². The Morgan fingerprint density at radius 3 is 2.79 bits per heavy atom. The molecule has 0 aliphatic carbocycles. The second kappa shape index (κ2) is 6.04. The molecule has 0 saturated carbocycles. The first-order valence-corrected chi connectivity index (χ1v) is 6.56. The van der Waals surface area contributed by atoms with Crippen LogP contribution < -0.4 is 5.73 Å². The predicted octanol–water partition coefficient (Wildman–Crippen LogP) is 3.44. The van der Waals surface area contributed by atoms with Crippen molar-refractivity contribution in [3.05, 3.63) is 57.3 Å². The Kier molecular flexibility index (Phi) is 4.39. The monoisotopic (exact) mass is 340 g/mol. The van der Waals surface area contributed by atoms with E-state index in [1.165, 1.54) is 0 Å². The van der Waals surface area contributed by atoms with Crippen molar-refractivity contribution in [3.8, 4) is 0 Å². The van der Waals surface area contributed by atoms with Crippen LogP contribution >= 0.6 is 27.5 Å². The van der Waals surface area contributed by atoms with Gasteiger partial charge in [0.1, 0.15) is 12.2 Å². The van der Waals surface area contributed by atoms with E-state index in [4.69, 9.17) is 22.1 Å². The summed E-state index contributed by atoms with van der Waals surface area (Å²) in [7, 11) is 0. The minimum absolute atomic E-state index is 0.0662. The number of ether oxygens (including phenoxy) is 1. The van der Waals surface area contributed by atoms with Crippen LogP contribution in [0.25, 0.3) is 0 Å². The number of nitrogen functional groups attached to an aromatic ring is 1. The van der Waals surface area contributed by atoms with E-state index in [1.54, 1.807) is 30.5 Å². The summed E-state index contributed by atoms with van der Waals surface area (Å²) >= 11 is 9.20. The van der Waals surface area contributed by atoms with Gasteiger partial charge in [-0.25, -0.2) is 4.79 Å². The number of halogens is 2. The van der Waals surface area contributed by atoms with Gasteiger partial charge >= 0.3 is 5.97 Å². The average molecular weight is 342 g/mol. The molecular weight excluding hydrogens is 332 g/mol. The molecule has 98 valence electrons. The van der Waals surface area contributed by atoms with Crippen LogP contribution in [0.2, 0.25) is 5.02 Å². The lowest BCUT2D eigenvalue weighted by Crippen LogP contribution is -2.09. The summed E-state index contributed by atoms with van der Waals surface area (Å²) in [6.07, 6.45) is 1.63. The van der Waals surface area contributed by atoms with E-state index in [1.807, 2.05) is 6.07 Å². The van der Waals surface area contributed by atoms with Crippen molar-refractivity contribution in [3.63, 3.8) is 0 Å². The SMILES string of the molecule is Nc1cccc(Cl)c1C(=O)OCc1ccc(Br)cn1. The molecule has 0 unspecified atom stereocenters. The minimum Gasteiger partial charge on any atom is -0.455 e. The van der Waals surface area contributed by atoms with E-state index in [0.29, 0.717) is 11.4 Å². The van der Waals surface area contributed by atoms with Crippen molar-refractivity contribution < 1.29 is 9.53 Å². The lowest BCUT2D eigenvalue weighted by atomic mass is 10.2. The summed E-state index contributed by atoms with van der Waals surface area (Å²) in [4.78, 5) is 16.0. The number of hydrogen-bond donors (Lipinski definition) is 1. The van der Waals surface area contributed by atoms with Gasteiger partial charge in [-0.15, -0.1) is 0 Å². The molecule has 1 aromatic carbocycles. The number of anilines is 1. The van der Waals surface area contributed by atoms with Crippen molar-refractivity contribution >= 4 is 39.2 Å². The van der Waals surface area contributed by atoms with Crippen LogP contribution in [0.15, 0.2) is 41.0 Å². The molecule has 0 amide bonds. The average Bonchev–Trinajstić information content (AvgIpc) is 2.38. The first kappa shape index (κ1) is 13.8.